The predicted octanol–water partition coefficient (Wildman–Crippen LogP) is 2.05. The summed E-state index contributed by atoms with van der Waals surface area (Å²) in [4.78, 5) is 14.2. The number of benzene rings is 1. The molecule has 0 spiro atoms. The van der Waals surface area contributed by atoms with Gasteiger partial charge in [-0.25, -0.2) is 0 Å². The van der Waals surface area contributed by atoms with E-state index in [1.165, 1.54) is 24.6 Å². The molecule has 0 saturated heterocycles. The highest BCUT2D eigenvalue weighted by atomic mass is 32.2. The number of hydrogen-bond donors (Lipinski definition) is 1. The van der Waals surface area contributed by atoms with Gasteiger partial charge in [-0.05, 0) is 44.2 Å². The van der Waals surface area contributed by atoms with Gasteiger partial charge in [0.15, 0.2) is 0 Å². The summed E-state index contributed by atoms with van der Waals surface area (Å²) in [5.41, 5.74) is 0.813. The Balaban J connectivity index is 1.42. The molecule has 1 aromatic carbocycles. The molecule has 1 N–H and O–H groups in total. The minimum absolute atomic E-state index is 0.0293. The van der Waals surface area contributed by atoms with E-state index in [0.717, 1.165) is 17.9 Å². The fourth-order valence-electron chi connectivity index (χ4n) is 2.37. The second kappa shape index (κ2) is 8.35. The molecule has 0 unspecified atom stereocenters. The van der Waals surface area contributed by atoms with Crippen LogP contribution < -0.4 is 10.1 Å². The molecule has 1 fully saturated rings. The first-order chi connectivity index (χ1) is 12.2. The first-order valence-electron chi connectivity index (χ1n) is 8.23. The number of hydrogen-bond acceptors (Lipinski definition) is 7. The molecule has 25 heavy (non-hydrogen) atoms. The van der Waals surface area contributed by atoms with Crippen LogP contribution in [0.1, 0.15) is 12.8 Å². The maximum absolute atomic E-state index is 11.9. The fraction of sp³-hybridized carbons (Fsp3) is 0.471. The van der Waals surface area contributed by atoms with E-state index < -0.39 is 0 Å². The van der Waals surface area contributed by atoms with Gasteiger partial charge in [0.05, 0.1) is 12.9 Å². The number of likely N-dealkylation sites (N-methyl/N-ethyl adjacent to an activating group) is 1. The van der Waals surface area contributed by atoms with Crippen LogP contribution in [0.2, 0.25) is 0 Å². The second-order valence-corrected chi connectivity index (χ2v) is 6.88. The summed E-state index contributed by atoms with van der Waals surface area (Å²) in [6.07, 6.45) is 2.54. The van der Waals surface area contributed by atoms with Crippen molar-refractivity contribution in [3.8, 4) is 17.2 Å². The van der Waals surface area contributed by atoms with Crippen molar-refractivity contribution in [2.75, 3.05) is 33.0 Å². The van der Waals surface area contributed by atoms with Crippen molar-refractivity contribution in [3.63, 3.8) is 0 Å². The molecule has 1 aliphatic rings. The van der Waals surface area contributed by atoms with Crippen molar-refractivity contribution in [2.45, 2.75) is 24.1 Å². The van der Waals surface area contributed by atoms with Crippen LogP contribution in [0.4, 0.5) is 0 Å². The zero-order valence-electron chi connectivity index (χ0n) is 14.4. The predicted molar refractivity (Wildman–Crippen MR) is 95.7 cm³/mol. The molecule has 0 aliphatic heterocycles. The first kappa shape index (κ1) is 17.8. The third-order valence-corrected chi connectivity index (χ3v) is 4.85. The van der Waals surface area contributed by atoms with Gasteiger partial charge in [-0.2, -0.15) is 0 Å². The molecule has 1 aliphatic carbocycles. The molecule has 0 atom stereocenters. The van der Waals surface area contributed by atoms with Gasteiger partial charge in [0.25, 0.3) is 5.22 Å². The molecular formula is C17H22N4O3S. The lowest BCUT2D eigenvalue weighted by atomic mass is 10.2. The van der Waals surface area contributed by atoms with E-state index in [-0.39, 0.29) is 11.7 Å². The SMILES string of the molecule is COc1ccc(-c2nnc(SCC(=O)NCCN(C)C3CC3)o2)cc1. The van der Waals surface area contributed by atoms with E-state index in [9.17, 15) is 4.79 Å². The number of carbonyl (C=O) groups is 1. The summed E-state index contributed by atoms with van der Waals surface area (Å²) in [7, 11) is 3.71. The minimum atomic E-state index is -0.0293. The Labute approximate surface area is 151 Å². The van der Waals surface area contributed by atoms with E-state index >= 15 is 0 Å². The average molecular weight is 362 g/mol. The molecule has 1 aromatic heterocycles. The van der Waals surface area contributed by atoms with Crippen molar-refractivity contribution in [2.24, 2.45) is 0 Å². The number of nitrogens with zero attached hydrogens (tertiary/aromatic N) is 3. The number of amides is 1. The highest BCUT2D eigenvalue weighted by Crippen LogP contribution is 2.25. The number of aromatic nitrogens is 2. The Kier molecular flexibility index (Phi) is 5.93. The molecule has 3 rings (SSSR count). The van der Waals surface area contributed by atoms with E-state index in [0.29, 0.717) is 23.7 Å². The molecule has 7 nitrogen and oxygen atoms in total. The summed E-state index contributed by atoms with van der Waals surface area (Å²) in [6.45, 7) is 1.54. The molecule has 0 bridgehead atoms. The highest BCUT2D eigenvalue weighted by Gasteiger charge is 2.25. The Hall–Kier alpha value is -2.06. The van der Waals surface area contributed by atoms with Crippen molar-refractivity contribution < 1.29 is 13.9 Å². The van der Waals surface area contributed by atoms with Crippen LogP contribution in [0.15, 0.2) is 33.9 Å². The lowest BCUT2D eigenvalue weighted by molar-refractivity contribution is -0.118. The molecule has 0 radical (unpaired) electrons. The van der Waals surface area contributed by atoms with E-state index in [1.54, 1.807) is 7.11 Å². The van der Waals surface area contributed by atoms with Crippen molar-refractivity contribution in [3.05, 3.63) is 24.3 Å². The number of methoxy groups -OCH3 is 1. The van der Waals surface area contributed by atoms with Crippen LogP contribution in [0, 0.1) is 0 Å². The number of nitrogens with one attached hydrogen (secondary N) is 1. The van der Waals surface area contributed by atoms with Crippen molar-refractivity contribution in [1.82, 2.24) is 20.4 Å². The highest BCUT2D eigenvalue weighted by molar-refractivity contribution is 7.99. The van der Waals surface area contributed by atoms with Gasteiger partial charge in [-0.3, -0.25) is 4.79 Å². The summed E-state index contributed by atoms with van der Waals surface area (Å²) in [5.74, 6) is 1.43. The lowest BCUT2D eigenvalue weighted by Crippen LogP contribution is -2.34. The quantitative estimate of drug-likeness (QED) is 0.684. The summed E-state index contributed by atoms with van der Waals surface area (Å²) >= 11 is 1.24. The van der Waals surface area contributed by atoms with Crippen LogP contribution in [0.25, 0.3) is 11.5 Å². The minimum Gasteiger partial charge on any atom is -0.497 e. The van der Waals surface area contributed by atoms with Crippen LogP contribution in [-0.2, 0) is 4.79 Å². The standard InChI is InChI=1S/C17H22N4O3S/c1-21(13-5-6-13)10-9-18-15(22)11-25-17-20-19-16(24-17)12-3-7-14(23-2)8-4-12/h3-4,7-8,13H,5-6,9-11H2,1-2H3,(H,18,22). The van der Waals surface area contributed by atoms with Gasteiger partial charge in [-0.1, -0.05) is 11.8 Å². The Morgan fingerprint density at radius 1 is 1.36 bits per heavy atom. The van der Waals surface area contributed by atoms with E-state index in [1.807, 2.05) is 24.3 Å². The number of rotatable bonds is 9. The largest absolute Gasteiger partial charge is 0.497 e. The lowest BCUT2D eigenvalue weighted by Gasteiger charge is -2.15. The zero-order chi connectivity index (χ0) is 17.6. The molecular weight excluding hydrogens is 340 g/mol. The maximum atomic E-state index is 11.9. The summed E-state index contributed by atoms with van der Waals surface area (Å²) < 4.78 is 10.7. The van der Waals surface area contributed by atoms with Gasteiger partial charge < -0.3 is 19.4 Å². The van der Waals surface area contributed by atoms with Gasteiger partial charge in [-0.15, -0.1) is 10.2 Å². The van der Waals surface area contributed by atoms with Crippen LogP contribution >= 0.6 is 11.8 Å². The molecule has 1 amide bonds. The van der Waals surface area contributed by atoms with Gasteiger partial charge in [0.1, 0.15) is 5.75 Å². The van der Waals surface area contributed by atoms with E-state index in [4.69, 9.17) is 9.15 Å². The van der Waals surface area contributed by atoms with Crippen LogP contribution in [-0.4, -0.2) is 60.0 Å². The van der Waals surface area contributed by atoms with Crippen molar-refractivity contribution >= 4 is 17.7 Å². The maximum Gasteiger partial charge on any atom is 0.277 e. The number of carbonyl (C=O) groups excluding carboxylic acids is 1. The topological polar surface area (TPSA) is 80.5 Å². The Bertz CT molecular complexity index is 700. The van der Waals surface area contributed by atoms with Gasteiger partial charge >= 0.3 is 0 Å². The average Bonchev–Trinajstić information content (AvgIpc) is 3.38. The molecule has 1 heterocycles. The van der Waals surface area contributed by atoms with Gasteiger partial charge in [0, 0.05) is 24.7 Å². The zero-order valence-corrected chi connectivity index (χ0v) is 15.2. The molecule has 134 valence electrons. The number of ether oxygens (including phenoxy) is 1. The third kappa shape index (κ3) is 5.20. The normalized spacial score (nSPS) is 13.9. The molecule has 1 saturated carbocycles. The summed E-state index contributed by atoms with van der Waals surface area (Å²) in [5, 5.41) is 11.3. The number of thioether (sulfide) groups is 1. The smallest absolute Gasteiger partial charge is 0.277 e. The first-order valence-corrected chi connectivity index (χ1v) is 9.22. The third-order valence-electron chi connectivity index (χ3n) is 4.03. The second-order valence-electron chi connectivity index (χ2n) is 5.95. The fourth-order valence-corrected chi connectivity index (χ4v) is 2.96. The molecule has 8 heteroatoms. The van der Waals surface area contributed by atoms with Crippen molar-refractivity contribution in [1.29, 1.82) is 0 Å². The Morgan fingerprint density at radius 3 is 2.80 bits per heavy atom. The molecule has 2 aromatic rings. The van der Waals surface area contributed by atoms with Crippen LogP contribution in [0.3, 0.4) is 0 Å². The monoisotopic (exact) mass is 362 g/mol. The van der Waals surface area contributed by atoms with Gasteiger partial charge in [0.2, 0.25) is 11.8 Å². The Morgan fingerprint density at radius 2 is 2.12 bits per heavy atom. The van der Waals surface area contributed by atoms with E-state index in [2.05, 4.69) is 27.5 Å². The van der Waals surface area contributed by atoms with Crippen LogP contribution in [0.5, 0.6) is 5.75 Å². The summed E-state index contributed by atoms with van der Waals surface area (Å²) in [6, 6.07) is 8.08.